The van der Waals surface area contributed by atoms with E-state index in [-0.39, 0.29) is 18.0 Å². The van der Waals surface area contributed by atoms with Crippen molar-refractivity contribution in [3.05, 3.63) is 64.7 Å². The molecule has 2 atom stereocenters. The van der Waals surface area contributed by atoms with Crippen molar-refractivity contribution in [1.82, 2.24) is 9.80 Å². The first-order valence-corrected chi connectivity index (χ1v) is 10.4. The summed E-state index contributed by atoms with van der Waals surface area (Å²) in [4.78, 5) is 27.9. The molecule has 7 heteroatoms. The topological polar surface area (TPSA) is 70.1 Å². The van der Waals surface area contributed by atoms with E-state index < -0.39 is 12.6 Å². The fraction of sp³-hybridized carbons (Fsp3) is 0.391. The third kappa shape index (κ3) is 5.52. The fourth-order valence-corrected chi connectivity index (χ4v) is 4.02. The molecule has 30 heavy (non-hydrogen) atoms. The highest BCUT2D eigenvalue weighted by Crippen LogP contribution is 2.27. The number of carboxylic acids is 1. The molecule has 0 aliphatic carbocycles. The lowest BCUT2D eigenvalue weighted by Crippen LogP contribution is -2.58. The second kappa shape index (κ2) is 9.96. The Labute approximate surface area is 182 Å². The summed E-state index contributed by atoms with van der Waals surface area (Å²) in [6, 6.07) is 15.2. The van der Waals surface area contributed by atoms with Gasteiger partial charge in [-0.2, -0.15) is 0 Å². The zero-order valence-electron chi connectivity index (χ0n) is 17.3. The van der Waals surface area contributed by atoms with E-state index in [1.165, 1.54) is 0 Å². The molecule has 1 saturated heterocycles. The number of piperazine rings is 1. The van der Waals surface area contributed by atoms with E-state index in [0.29, 0.717) is 30.3 Å². The van der Waals surface area contributed by atoms with Gasteiger partial charge < -0.3 is 14.7 Å². The Morgan fingerprint density at radius 1 is 1.10 bits per heavy atom. The molecular weight excluding hydrogens is 404 g/mol. The van der Waals surface area contributed by atoms with Crippen LogP contribution in [0.3, 0.4) is 0 Å². The van der Waals surface area contributed by atoms with Crippen molar-refractivity contribution in [2.45, 2.75) is 38.9 Å². The fourth-order valence-electron chi connectivity index (χ4n) is 3.83. The number of nitrogens with zero attached hydrogens (tertiary/aromatic N) is 2. The van der Waals surface area contributed by atoms with Crippen LogP contribution in [0, 0.1) is 0 Å². The number of hydrogen-bond acceptors (Lipinski definition) is 4. The maximum absolute atomic E-state index is 12.9. The summed E-state index contributed by atoms with van der Waals surface area (Å²) in [6.45, 7) is 5.71. The Bertz CT molecular complexity index is 890. The number of ether oxygens (including phenoxy) is 1. The van der Waals surface area contributed by atoms with E-state index in [4.69, 9.17) is 21.4 Å². The van der Waals surface area contributed by atoms with Crippen LogP contribution in [0.2, 0.25) is 5.02 Å². The highest BCUT2D eigenvalue weighted by atomic mass is 35.5. The Balaban J connectivity index is 1.67. The SMILES string of the molecule is C[C@@H]1[C@H](C)N(C(=O)Cc2ccccc2)CCN1Cc1cc(Cl)ccc1OCC(=O)O. The smallest absolute Gasteiger partial charge is 0.341 e. The molecule has 160 valence electrons. The molecule has 0 spiro atoms. The van der Waals surface area contributed by atoms with Crippen molar-refractivity contribution in [3.63, 3.8) is 0 Å². The predicted octanol–water partition coefficient (Wildman–Crippen LogP) is 3.47. The lowest BCUT2D eigenvalue weighted by molar-refractivity contribution is -0.139. The lowest BCUT2D eigenvalue weighted by atomic mass is 10.0. The molecule has 0 saturated carbocycles. The number of rotatable bonds is 7. The van der Waals surface area contributed by atoms with Crippen LogP contribution in [-0.4, -0.2) is 58.6 Å². The first kappa shape index (κ1) is 22.1. The summed E-state index contributed by atoms with van der Waals surface area (Å²) in [7, 11) is 0. The summed E-state index contributed by atoms with van der Waals surface area (Å²) in [5, 5.41) is 9.48. The van der Waals surface area contributed by atoms with E-state index in [9.17, 15) is 9.59 Å². The Kier molecular flexibility index (Phi) is 7.34. The molecular formula is C23H27ClN2O4. The number of hydrogen-bond donors (Lipinski definition) is 1. The van der Waals surface area contributed by atoms with Crippen molar-refractivity contribution in [2.75, 3.05) is 19.7 Å². The van der Waals surface area contributed by atoms with Crippen molar-refractivity contribution in [3.8, 4) is 5.75 Å². The number of aliphatic carboxylic acids is 1. The minimum atomic E-state index is -1.02. The van der Waals surface area contributed by atoms with Crippen LogP contribution in [0.25, 0.3) is 0 Å². The average molecular weight is 431 g/mol. The minimum Gasteiger partial charge on any atom is -0.482 e. The van der Waals surface area contributed by atoms with E-state index in [2.05, 4.69) is 18.7 Å². The highest BCUT2D eigenvalue weighted by Gasteiger charge is 2.33. The van der Waals surface area contributed by atoms with Gasteiger partial charge in [-0.05, 0) is 37.6 Å². The molecule has 1 aliphatic rings. The van der Waals surface area contributed by atoms with Gasteiger partial charge in [-0.15, -0.1) is 0 Å². The molecule has 1 aliphatic heterocycles. The van der Waals surface area contributed by atoms with Gasteiger partial charge in [0.1, 0.15) is 5.75 Å². The van der Waals surface area contributed by atoms with E-state index in [1.807, 2.05) is 41.3 Å². The normalized spacial score (nSPS) is 19.5. The summed E-state index contributed by atoms with van der Waals surface area (Å²) in [6.07, 6.45) is 0.402. The maximum Gasteiger partial charge on any atom is 0.341 e. The number of amides is 1. The third-order valence-corrected chi connectivity index (χ3v) is 5.89. The second-order valence-electron chi connectivity index (χ2n) is 7.64. The molecule has 1 N–H and O–H groups in total. The summed E-state index contributed by atoms with van der Waals surface area (Å²) in [5.74, 6) is -0.374. The van der Waals surface area contributed by atoms with Gasteiger partial charge in [0.2, 0.25) is 5.91 Å². The summed E-state index contributed by atoms with van der Waals surface area (Å²) < 4.78 is 5.43. The van der Waals surface area contributed by atoms with E-state index >= 15 is 0 Å². The van der Waals surface area contributed by atoms with Gasteiger partial charge in [-0.1, -0.05) is 41.9 Å². The summed E-state index contributed by atoms with van der Waals surface area (Å²) in [5.41, 5.74) is 1.86. The van der Waals surface area contributed by atoms with Gasteiger partial charge in [0, 0.05) is 42.3 Å². The third-order valence-electron chi connectivity index (χ3n) is 5.66. The minimum absolute atomic E-state index is 0.0533. The standard InChI is InChI=1S/C23H27ClN2O4/c1-16-17(2)26(22(27)12-18-6-4-3-5-7-18)11-10-25(16)14-19-13-20(24)8-9-21(19)30-15-23(28)29/h3-9,13,16-17H,10-12,14-15H2,1-2H3,(H,28,29)/t16-,17+/m1/s1. The van der Waals surface area contributed by atoms with Crippen LogP contribution < -0.4 is 4.74 Å². The van der Waals surface area contributed by atoms with Gasteiger partial charge in [0.05, 0.1) is 6.42 Å². The molecule has 1 amide bonds. The Morgan fingerprint density at radius 2 is 1.83 bits per heavy atom. The van der Waals surface area contributed by atoms with Crippen LogP contribution in [0.1, 0.15) is 25.0 Å². The number of carboxylic acid groups (broad SMARTS) is 1. The number of carbonyl (C=O) groups excluding carboxylic acids is 1. The van der Waals surface area contributed by atoms with Crippen molar-refractivity contribution < 1.29 is 19.4 Å². The number of benzene rings is 2. The molecule has 2 aromatic rings. The highest BCUT2D eigenvalue weighted by molar-refractivity contribution is 6.30. The van der Waals surface area contributed by atoms with Crippen molar-refractivity contribution >= 4 is 23.5 Å². The molecule has 0 bridgehead atoms. The van der Waals surface area contributed by atoms with Gasteiger partial charge in [0.25, 0.3) is 0 Å². The van der Waals surface area contributed by atoms with Crippen LogP contribution in [0.15, 0.2) is 48.5 Å². The maximum atomic E-state index is 12.9. The van der Waals surface area contributed by atoms with Crippen LogP contribution in [0.5, 0.6) is 5.75 Å². The number of carbonyl (C=O) groups is 2. The average Bonchev–Trinajstić information content (AvgIpc) is 2.71. The van der Waals surface area contributed by atoms with Crippen molar-refractivity contribution in [2.24, 2.45) is 0 Å². The monoisotopic (exact) mass is 430 g/mol. The van der Waals surface area contributed by atoms with Crippen LogP contribution in [-0.2, 0) is 22.6 Å². The largest absolute Gasteiger partial charge is 0.482 e. The molecule has 0 unspecified atom stereocenters. The lowest BCUT2D eigenvalue weighted by Gasteiger charge is -2.45. The van der Waals surface area contributed by atoms with Gasteiger partial charge in [0.15, 0.2) is 6.61 Å². The molecule has 0 aromatic heterocycles. The van der Waals surface area contributed by atoms with Crippen LogP contribution >= 0.6 is 11.6 Å². The second-order valence-corrected chi connectivity index (χ2v) is 8.07. The zero-order valence-corrected chi connectivity index (χ0v) is 18.0. The first-order valence-electron chi connectivity index (χ1n) is 10.1. The molecule has 1 fully saturated rings. The van der Waals surface area contributed by atoms with Crippen molar-refractivity contribution in [1.29, 1.82) is 0 Å². The van der Waals surface area contributed by atoms with Gasteiger partial charge in [-0.25, -0.2) is 4.79 Å². The van der Waals surface area contributed by atoms with E-state index in [0.717, 1.165) is 17.7 Å². The molecule has 3 rings (SSSR count). The first-order chi connectivity index (χ1) is 14.3. The predicted molar refractivity (Wildman–Crippen MR) is 116 cm³/mol. The Hall–Kier alpha value is -2.57. The van der Waals surface area contributed by atoms with Gasteiger partial charge >= 0.3 is 5.97 Å². The quantitative estimate of drug-likeness (QED) is 0.728. The van der Waals surface area contributed by atoms with Crippen LogP contribution in [0.4, 0.5) is 0 Å². The summed E-state index contributed by atoms with van der Waals surface area (Å²) >= 11 is 6.16. The zero-order chi connectivity index (χ0) is 21.7. The van der Waals surface area contributed by atoms with Gasteiger partial charge in [-0.3, -0.25) is 9.69 Å². The molecule has 0 radical (unpaired) electrons. The number of halogens is 1. The molecule has 6 nitrogen and oxygen atoms in total. The van der Waals surface area contributed by atoms with E-state index in [1.54, 1.807) is 12.1 Å². The molecule has 1 heterocycles. The Morgan fingerprint density at radius 3 is 2.53 bits per heavy atom. The molecule has 2 aromatic carbocycles.